The smallest absolute Gasteiger partial charge is 0.336 e. The van der Waals surface area contributed by atoms with E-state index in [0.717, 1.165) is 28.7 Å². The van der Waals surface area contributed by atoms with Crippen molar-refractivity contribution in [3.63, 3.8) is 0 Å². The van der Waals surface area contributed by atoms with Crippen LogP contribution in [0.2, 0.25) is 0 Å². The highest BCUT2D eigenvalue weighted by Crippen LogP contribution is 2.20. The van der Waals surface area contributed by atoms with Crippen molar-refractivity contribution in [1.82, 2.24) is 5.32 Å². The molecule has 0 spiro atoms. The van der Waals surface area contributed by atoms with Crippen molar-refractivity contribution in [3.8, 4) is 0 Å². The van der Waals surface area contributed by atoms with Gasteiger partial charge in [-0.25, -0.2) is 4.79 Å². The van der Waals surface area contributed by atoms with Crippen molar-refractivity contribution in [1.29, 1.82) is 0 Å². The molecule has 0 bridgehead atoms. The molecule has 1 N–H and O–H groups in total. The number of benzene rings is 1. The Morgan fingerprint density at radius 1 is 1.23 bits per heavy atom. The summed E-state index contributed by atoms with van der Waals surface area (Å²) in [4.78, 5) is 11.8. The molecular weight excluding hydrogens is 278 g/mol. The maximum Gasteiger partial charge on any atom is 0.336 e. The van der Waals surface area contributed by atoms with E-state index in [1.165, 1.54) is 0 Å². The lowest BCUT2D eigenvalue weighted by atomic mass is 10.1. The highest BCUT2D eigenvalue weighted by Gasteiger charge is 2.10. The van der Waals surface area contributed by atoms with E-state index in [9.17, 15) is 4.79 Å². The summed E-state index contributed by atoms with van der Waals surface area (Å²) >= 11 is 0. The summed E-state index contributed by atoms with van der Waals surface area (Å²) in [6.07, 6.45) is 2.57. The van der Waals surface area contributed by atoms with Crippen LogP contribution in [0.1, 0.15) is 36.8 Å². The third-order valence-electron chi connectivity index (χ3n) is 3.87. The fourth-order valence-electron chi connectivity index (χ4n) is 2.54. The van der Waals surface area contributed by atoms with Gasteiger partial charge in [0.05, 0.1) is 12.3 Å². The van der Waals surface area contributed by atoms with Crippen LogP contribution in [0, 0.1) is 0 Å². The minimum Gasteiger partial charge on any atom is -0.468 e. The first-order chi connectivity index (χ1) is 10.7. The molecule has 0 saturated carbocycles. The monoisotopic (exact) mass is 297 g/mol. The minimum atomic E-state index is -0.316. The van der Waals surface area contributed by atoms with Gasteiger partial charge in [-0.1, -0.05) is 19.1 Å². The van der Waals surface area contributed by atoms with E-state index in [1.807, 2.05) is 31.2 Å². The SMILES string of the molecule is CCc1ccc2c(CN[C@H](C)c3ccco3)cc(=O)oc2c1. The highest BCUT2D eigenvalue weighted by molar-refractivity contribution is 5.80. The molecule has 1 aromatic carbocycles. The molecule has 0 amide bonds. The van der Waals surface area contributed by atoms with Crippen molar-refractivity contribution in [3.05, 3.63) is 70.0 Å². The van der Waals surface area contributed by atoms with Gasteiger partial charge in [0.15, 0.2) is 0 Å². The van der Waals surface area contributed by atoms with E-state index in [0.29, 0.717) is 12.1 Å². The molecule has 2 heterocycles. The maximum atomic E-state index is 11.8. The molecule has 4 nitrogen and oxygen atoms in total. The van der Waals surface area contributed by atoms with Crippen LogP contribution < -0.4 is 10.9 Å². The van der Waals surface area contributed by atoms with E-state index in [4.69, 9.17) is 8.83 Å². The van der Waals surface area contributed by atoms with Gasteiger partial charge in [-0.3, -0.25) is 0 Å². The van der Waals surface area contributed by atoms with E-state index in [2.05, 4.69) is 18.3 Å². The third-order valence-corrected chi connectivity index (χ3v) is 3.87. The van der Waals surface area contributed by atoms with Gasteiger partial charge in [-0.05, 0) is 42.7 Å². The summed E-state index contributed by atoms with van der Waals surface area (Å²) in [6, 6.07) is 11.5. The lowest BCUT2D eigenvalue weighted by molar-refractivity contribution is 0.430. The average Bonchev–Trinajstić information content (AvgIpc) is 3.05. The molecule has 22 heavy (non-hydrogen) atoms. The second kappa shape index (κ2) is 6.20. The molecule has 3 rings (SSSR count). The zero-order valence-corrected chi connectivity index (χ0v) is 12.8. The van der Waals surface area contributed by atoms with Crippen molar-refractivity contribution >= 4 is 11.0 Å². The largest absolute Gasteiger partial charge is 0.468 e. The number of nitrogens with one attached hydrogen (secondary N) is 1. The number of hydrogen-bond donors (Lipinski definition) is 1. The Balaban J connectivity index is 1.88. The van der Waals surface area contributed by atoms with Crippen LogP contribution in [-0.2, 0) is 13.0 Å². The topological polar surface area (TPSA) is 55.4 Å². The molecule has 0 aliphatic rings. The van der Waals surface area contributed by atoms with Gasteiger partial charge >= 0.3 is 5.63 Å². The fraction of sp³-hybridized carbons (Fsp3) is 0.278. The molecule has 0 fully saturated rings. The zero-order chi connectivity index (χ0) is 15.5. The van der Waals surface area contributed by atoms with Crippen LogP contribution in [-0.4, -0.2) is 0 Å². The molecule has 0 aliphatic carbocycles. The van der Waals surface area contributed by atoms with Crippen molar-refractivity contribution in [2.75, 3.05) is 0 Å². The van der Waals surface area contributed by atoms with E-state index < -0.39 is 0 Å². The number of fused-ring (bicyclic) bond motifs is 1. The van der Waals surface area contributed by atoms with E-state index >= 15 is 0 Å². The second-order valence-electron chi connectivity index (χ2n) is 5.39. The normalized spacial score (nSPS) is 12.6. The van der Waals surface area contributed by atoms with Crippen LogP contribution in [0.25, 0.3) is 11.0 Å². The summed E-state index contributed by atoms with van der Waals surface area (Å²) in [6.45, 7) is 4.69. The van der Waals surface area contributed by atoms with Gasteiger partial charge in [0.1, 0.15) is 11.3 Å². The van der Waals surface area contributed by atoms with Crippen LogP contribution >= 0.6 is 0 Å². The quantitative estimate of drug-likeness (QED) is 0.728. The first kappa shape index (κ1) is 14.6. The lowest BCUT2D eigenvalue weighted by Gasteiger charge is -2.12. The molecule has 0 saturated heterocycles. The van der Waals surface area contributed by atoms with Gasteiger partial charge in [0, 0.05) is 18.0 Å². The van der Waals surface area contributed by atoms with Crippen LogP contribution in [0.5, 0.6) is 0 Å². The molecular formula is C18H19NO3. The van der Waals surface area contributed by atoms with Crippen LogP contribution in [0.15, 0.2) is 56.3 Å². The molecule has 0 unspecified atom stereocenters. The van der Waals surface area contributed by atoms with Crippen LogP contribution in [0.4, 0.5) is 0 Å². The lowest BCUT2D eigenvalue weighted by Crippen LogP contribution is -2.18. The molecule has 1 atom stereocenters. The van der Waals surface area contributed by atoms with Gasteiger partial charge in [-0.15, -0.1) is 0 Å². The standard InChI is InChI=1S/C18H19NO3/c1-3-13-6-7-15-14(10-18(20)22-17(15)9-13)11-19-12(2)16-5-4-8-21-16/h4-10,12,19H,3,11H2,1-2H3/t12-/m1/s1. The summed E-state index contributed by atoms with van der Waals surface area (Å²) in [5.41, 5.74) is 2.43. The summed E-state index contributed by atoms with van der Waals surface area (Å²) in [5, 5.41) is 4.34. The third kappa shape index (κ3) is 2.97. The molecule has 3 aromatic rings. The van der Waals surface area contributed by atoms with Gasteiger partial charge in [0.2, 0.25) is 0 Å². The second-order valence-corrected chi connectivity index (χ2v) is 5.39. The molecule has 4 heteroatoms. The average molecular weight is 297 g/mol. The Kier molecular flexibility index (Phi) is 4.11. The Labute approximate surface area is 128 Å². The fourth-order valence-corrected chi connectivity index (χ4v) is 2.54. The first-order valence-electron chi connectivity index (χ1n) is 7.50. The number of furan rings is 1. The Morgan fingerprint density at radius 3 is 2.82 bits per heavy atom. The van der Waals surface area contributed by atoms with E-state index in [1.54, 1.807) is 12.3 Å². The Morgan fingerprint density at radius 2 is 2.09 bits per heavy atom. The molecule has 114 valence electrons. The Bertz CT molecular complexity index is 818. The van der Waals surface area contributed by atoms with Gasteiger partial charge in [-0.2, -0.15) is 0 Å². The minimum absolute atomic E-state index is 0.0761. The highest BCUT2D eigenvalue weighted by atomic mass is 16.4. The molecule has 0 aliphatic heterocycles. The predicted molar refractivity (Wildman–Crippen MR) is 85.8 cm³/mol. The summed E-state index contributed by atoms with van der Waals surface area (Å²) in [7, 11) is 0. The number of aryl methyl sites for hydroxylation is 1. The van der Waals surface area contributed by atoms with Crippen LogP contribution in [0.3, 0.4) is 0 Å². The molecule has 0 radical (unpaired) electrons. The van der Waals surface area contributed by atoms with Crippen molar-refractivity contribution in [2.24, 2.45) is 0 Å². The summed E-state index contributed by atoms with van der Waals surface area (Å²) in [5.74, 6) is 0.876. The van der Waals surface area contributed by atoms with E-state index in [-0.39, 0.29) is 11.7 Å². The number of rotatable bonds is 5. The molecule has 2 aromatic heterocycles. The Hall–Kier alpha value is -2.33. The zero-order valence-electron chi connectivity index (χ0n) is 12.8. The maximum absolute atomic E-state index is 11.8. The van der Waals surface area contributed by atoms with Crippen molar-refractivity contribution in [2.45, 2.75) is 32.9 Å². The first-order valence-corrected chi connectivity index (χ1v) is 7.50. The van der Waals surface area contributed by atoms with Gasteiger partial charge in [0.25, 0.3) is 0 Å². The van der Waals surface area contributed by atoms with Gasteiger partial charge < -0.3 is 14.2 Å². The number of hydrogen-bond acceptors (Lipinski definition) is 4. The predicted octanol–water partition coefficient (Wildman–Crippen LogP) is 3.80. The van der Waals surface area contributed by atoms with Crippen molar-refractivity contribution < 1.29 is 8.83 Å². The summed E-state index contributed by atoms with van der Waals surface area (Å²) < 4.78 is 10.7.